The Labute approximate surface area is 177 Å². The van der Waals surface area contributed by atoms with E-state index in [-0.39, 0.29) is 6.10 Å². The molecule has 0 atom stereocenters. The molecule has 6 nitrogen and oxygen atoms in total. The Hall–Kier alpha value is -2.28. The number of methoxy groups -OCH3 is 1. The van der Waals surface area contributed by atoms with E-state index in [2.05, 4.69) is 35.5 Å². The summed E-state index contributed by atoms with van der Waals surface area (Å²) < 4.78 is 11.9. The lowest BCUT2D eigenvalue weighted by Gasteiger charge is -2.19. The third-order valence-corrected chi connectivity index (χ3v) is 5.89. The molecule has 1 aliphatic carbocycles. The minimum absolute atomic E-state index is 0.280. The fourth-order valence-electron chi connectivity index (χ4n) is 3.46. The number of ether oxygens (including phenoxy) is 2. The summed E-state index contributed by atoms with van der Waals surface area (Å²) in [4.78, 5) is 10.4. The number of guanidine groups is 1. The van der Waals surface area contributed by atoms with Crippen molar-refractivity contribution in [2.45, 2.75) is 58.6 Å². The van der Waals surface area contributed by atoms with Crippen molar-refractivity contribution in [1.29, 1.82) is 0 Å². The number of aliphatic imine (C=N–C) groups is 1. The molecule has 0 spiro atoms. The topological polar surface area (TPSA) is 67.8 Å². The van der Waals surface area contributed by atoms with Crippen molar-refractivity contribution >= 4 is 17.3 Å². The fourth-order valence-corrected chi connectivity index (χ4v) is 4.25. The Morgan fingerprint density at radius 2 is 2.10 bits per heavy atom. The number of hydrogen-bond acceptors (Lipinski definition) is 5. The molecule has 1 saturated carbocycles. The van der Waals surface area contributed by atoms with E-state index in [1.54, 1.807) is 18.4 Å². The van der Waals surface area contributed by atoms with Gasteiger partial charge < -0.3 is 20.1 Å². The molecule has 0 bridgehead atoms. The van der Waals surface area contributed by atoms with E-state index in [9.17, 15) is 0 Å². The predicted octanol–water partition coefficient (Wildman–Crippen LogP) is 4.08. The Kier molecular flexibility index (Phi) is 8.16. The standard InChI is InChI=1S/C22H32N4O2S/c1-4-23-22(24-13-12-20-25-14-16(2)29-20)26-15-17-8-7-11-19(27-3)21(17)28-18-9-5-6-10-18/h7-8,11,14,18H,4-6,9-10,12-13,15H2,1-3H3,(H2,23,24,26). The van der Waals surface area contributed by atoms with Crippen molar-refractivity contribution in [2.24, 2.45) is 4.99 Å². The molecule has 0 amide bonds. The summed E-state index contributed by atoms with van der Waals surface area (Å²) in [6.07, 6.45) is 7.79. The summed E-state index contributed by atoms with van der Waals surface area (Å²) in [5.74, 6) is 2.41. The zero-order chi connectivity index (χ0) is 20.5. The maximum Gasteiger partial charge on any atom is 0.191 e. The zero-order valence-corrected chi connectivity index (χ0v) is 18.5. The lowest BCUT2D eigenvalue weighted by Crippen LogP contribution is -2.38. The first kappa shape index (κ1) is 21.4. The Morgan fingerprint density at radius 3 is 2.79 bits per heavy atom. The van der Waals surface area contributed by atoms with E-state index >= 15 is 0 Å². The fraction of sp³-hybridized carbons (Fsp3) is 0.545. The van der Waals surface area contributed by atoms with Crippen LogP contribution in [0.5, 0.6) is 11.5 Å². The van der Waals surface area contributed by atoms with E-state index in [4.69, 9.17) is 14.5 Å². The molecule has 0 radical (unpaired) electrons. The number of nitrogens with zero attached hydrogens (tertiary/aromatic N) is 2. The van der Waals surface area contributed by atoms with Gasteiger partial charge in [-0.15, -0.1) is 11.3 Å². The van der Waals surface area contributed by atoms with Gasteiger partial charge in [0.2, 0.25) is 0 Å². The van der Waals surface area contributed by atoms with Crippen molar-refractivity contribution in [1.82, 2.24) is 15.6 Å². The Bertz CT molecular complexity index is 800. The van der Waals surface area contributed by atoms with Gasteiger partial charge in [0.25, 0.3) is 0 Å². The minimum atomic E-state index is 0.280. The number of hydrogen-bond donors (Lipinski definition) is 2. The summed E-state index contributed by atoms with van der Waals surface area (Å²) in [6.45, 7) is 6.29. The van der Waals surface area contributed by atoms with Gasteiger partial charge in [-0.1, -0.05) is 12.1 Å². The largest absolute Gasteiger partial charge is 0.493 e. The number of rotatable bonds is 9. The summed E-state index contributed by atoms with van der Waals surface area (Å²) >= 11 is 1.74. The number of aromatic nitrogens is 1. The normalized spacial score (nSPS) is 14.8. The predicted molar refractivity (Wildman–Crippen MR) is 119 cm³/mol. The van der Waals surface area contributed by atoms with Crippen LogP contribution in [0.1, 0.15) is 48.1 Å². The quantitative estimate of drug-likeness (QED) is 0.476. The highest BCUT2D eigenvalue weighted by atomic mass is 32.1. The SMILES string of the molecule is CCNC(=NCc1cccc(OC)c1OC1CCCC1)NCCc1ncc(C)s1. The van der Waals surface area contributed by atoms with Crippen LogP contribution in [0.25, 0.3) is 0 Å². The first-order valence-corrected chi connectivity index (χ1v) is 11.3. The highest BCUT2D eigenvalue weighted by molar-refractivity contribution is 7.11. The third-order valence-electron chi connectivity index (χ3n) is 4.92. The Morgan fingerprint density at radius 1 is 1.28 bits per heavy atom. The van der Waals surface area contributed by atoms with E-state index in [1.807, 2.05) is 18.3 Å². The molecule has 1 fully saturated rings. The van der Waals surface area contributed by atoms with Crippen LogP contribution in [0.4, 0.5) is 0 Å². The van der Waals surface area contributed by atoms with Gasteiger partial charge in [0.05, 0.1) is 24.8 Å². The van der Waals surface area contributed by atoms with Crippen LogP contribution < -0.4 is 20.1 Å². The van der Waals surface area contributed by atoms with Crippen molar-refractivity contribution in [3.63, 3.8) is 0 Å². The first-order chi connectivity index (χ1) is 14.2. The van der Waals surface area contributed by atoms with E-state index in [1.165, 1.54) is 17.7 Å². The van der Waals surface area contributed by atoms with E-state index in [0.717, 1.165) is 60.4 Å². The number of thiazole rings is 1. The Balaban J connectivity index is 1.65. The highest BCUT2D eigenvalue weighted by Gasteiger charge is 2.20. The molecule has 0 aliphatic heterocycles. The first-order valence-electron chi connectivity index (χ1n) is 10.5. The molecule has 1 aromatic heterocycles. The highest BCUT2D eigenvalue weighted by Crippen LogP contribution is 2.35. The summed E-state index contributed by atoms with van der Waals surface area (Å²) in [5, 5.41) is 7.86. The van der Waals surface area contributed by atoms with Gasteiger partial charge in [-0.3, -0.25) is 0 Å². The van der Waals surface area contributed by atoms with Crippen molar-refractivity contribution in [3.05, 3.63) is 39.8 Å². The smallest absolute Gasteiger partial charge is 0.191 e. The van der Waals surface area contributed by atoms with Crippen LogP contribution >= 0.6 is 11.3 Å². The average Bonchev–Trinajstić information content (AvgIpc) is 3.38. The van der Waals surface area contributed by atoms with E-state index < -0.39 is 0 Å². The molecule has 1 aromatic carbocycles. The number of aryl methyl sites for hydroxylation is 1. The van der Waals surface area contributed by atoms with Crippen LogP contribution in [0.2, 0.25) is 0 Å². The number of nitrogens with one attached hydrogen (secondary N) is 2. The van der Waals surface area contributed by atoms with Crippen LogP contribution in [0, 0.1) is 6.92 Å². The van der Waals surface area contributed by atoms with Gasteiger partial charge in [0.1, 0.15) is 0 Å². The number of benzene rings is 1. The van der Waals surface area contributed by atoms with Gasteiger partial charge in [0, 0.05) is 36.1 Å². The lowest BCUT2D eigenvalue weighted by atomic mass is 10.1. The molecule has 2 N–H and O–H groups in total. The maximum atomic E-state index is 6.32. The number of para-hydroxylation sites is 1. The molecule has 0 saturated heterocycles. The molecule has 7 heteroatoms. The molecule has 1 heterocycles. The molecule has 158 valence electrons. The van der Waals surface area contributed by atoms with Crippen molar-refractivity contribution in [2.75, 3.05) is 20.2 Å². The van der Waals surface area contributed by atoms with Gasteiger partial charge in [-0.25, -0.2) is 9.98 Å². The maximum absolute atomic E-state index is 6.32. The second-order valence-corrected chi connectivity index (χ2v) is 8.53. The van der Waals surface area contributed by atoms with Crippen LogP contribution in [-0.2, 0) is 13.0 Å². The molecular formula is C22H32N4O2S. The molecule has 29 heavy (non-hydrogen) atoms. The van der Waals surface area contributed by atoms with E-state index in [0.29, 0.717) is 6.54 Å². The third kappa shape index (κ3) is 6.35. The monoisotopic (exact) mass is 416 g/mol. The molecule has 0 unspecified atom stereocenters. The molecule has 1 aliphatic rings. The zero-order valence-electron chi connectivity index (χ0n) is 17.7. The van der Waals surface area contributed by atoms with Gasteiger partial charge in [-0.05, 0) is 45.6 Å². The second-order valence-electron chi connectivity index (χ2n) is 7.21. The van der Waals surface area contributed by atoms with Gasteiger partial charge in [0.15, 0.2) is 17.5 Å². The minimum Gasteiger partial charge on any atom is -0.493 e. The van der Waals surface area contributed by atoms with Gasteiger partial charge >= 0.3 is 0 Å². The summed E-state index contributed by atoms with van der Waals surface area (Å²) in [6, 6.07) is 6.02. The van der Waals surface area contributed by atoms with Crippen molar-refractivity contribution in [3.8, 4) is 11.5 Å². The summed E-state index contributed by atoms with van der Waals surface area (Å²) in [7, 11) is 1.69. The second kappa shape index (κ2) is 11.0. The summed E-state index contributed by atoms with van der Waals surface area (Å²) in [5.41, 5.74) is 1.05. The van der Waals surface area contributed by atoms with Crippen LogP contribution in [0.3, 0.4) is 0 Å². The van der Waals surface area contributed by atoms with Crippen LogP contribution in [0.15, 0.2) is 29.4 Å². The van der Waals surface area contributed by atoms with Crippen LogP contribution in [-0.4, -0.2) is 37.2 Å². The van der Waals surface area contributed by atoms with Gasteiger partial charge in [-0.2, -0.15) is 0 Å². The molecule has 3 rings (SSSR count). The molecular weight excluding hydrogens is 384 g/mol. The van der Waals surface area contributed by atoms with Crippen molar-refractivity contribution < 1.29 is 9.47 Å². The lowest BCUT2D eigenvalue weighted by molar-refractivity contribution is 0.198. The average molecular weight is 417 g/mol. The molecule has 2 aromatic rings.